The molecule has 0 amide bonds. The van der Waals surface area contributed by atoms with Crippen molar-refractivity contribution in [3.8, 4) is 0 Å². The Bertz CT molecular complexity index is 537. The number of nitrogens with one attached hydrogen (secondary N) is 1. The van der Waals surface area contributed by atoms with Crippen molar-refractivity contribution in [3.63, 3.8) is 0 Å². The van der Waals surface area contributed by atoms with Crippen molar-refractivity contribution in [1.29, 1.82) is 0 Å². The van der Waals surface area contributed by atoms with Gasteiger partial charge in [-0.25, -0.2) is 4.98 Å². The van der Waals surface area contributed by atoms with Crippen LogP contribution in [-0.2, 0) is 17.8 Å². The molecule has 1 heterocycles. The molecule has 0 bridgehead atoms. The van der Waals surface area contributed by atoms with Crippen LogP contribution in [0.1, 0.15) is 30.2 Å². The second-order valence-corrected chi connectivity index (χ2v) is 4.14. The highest BCUT2D eigenvalue weighted by atomic mass is 16.4. The van der Waals surface area contributed by atoms with Gasteiger partial charge in [-0.1, -0.05) is 37.3 Å². The van der Waals surface area contributed by atoms with E-state index >= 15 is 0 Å². The molecular formula is C14H16N2O3. The Kier molecular flexibility index (Phi) is 4.30. The van der Waals surface area contributed by atoms with E-state index in [1.165, 1.54) is 0 Å². The summed E-state index contributed by atoms with van der Waals surface area (Å²) >= 11 is 0. The minimum Gasteiger partial charge on any atom is -0.480 e. The summed E-state index contributed by atoms with van der Waals surface area (Å²) in [5.74, 6) is 0.371. The van der Waals surface area contributed by atoms with Crippen molar-refractivity contribution in [3.05, 3.63) is 53.7 Å². The molecule has 0 aliphatic rings. The highest BCUT2D eigenvalue weighted by molar-refractivity contribution is 5.75. The van der Waals surface area contributed by atoms with Gasteiger partial charge in [-0.05, 0) is 5.56 Å². The van der Waals surface area contributed by atoms with E-state index < -0.39 is 12.0 Å². The number of carboxylic acids is 1. The molecule has 0 saturated carbocycles. The Labute approximate surface area is 111 Å². The molecule has 0 radical (unpaired) electrons. The Morgan fingerprint density at radius 1 is 1.42 bits per heavy atom. The van der Waals surface area contributed by atoms with Crippen molar-refractivity contribution < 1.29 is 14.3 Å². The highest BCUT2D eigenvalue weighted by Crippen LogP contribution is 2.14. The predicted molar refractivity (Wildman–Crippen MR) is 69.5 cm³/mol. The molecule has 0 saturated heterocycles. The van der Waals surface area contributed by atoms with Crippen LogP contribution in [-0.4, -0.2) is 16.1 Å². The third-order valence-electron chi connectivity index (χ3n) is 2.79. The van der Waals surface area contributed by atoms with Gasteiger partial charge in [0.15, 0.2) is 0 Å². The number of rotatable bonds is 6. The van der Waals surface area contributed by atoms with Gasteiger partial charge in [-0.3, -0.25) is 10.1 Å². The van der Waals surface area contributed by atoms with E-state index in [1.807, 2.05) is 25.1 Å². The standard InChI is InChI=1S/C14H16N2O3/c1-2-11-8-15-12(19-11)9-16-13(14(17)18)10-6-4-3-5-7-10/h3-8,13,16H,2,9H2,1H3,(H,17,18). The van der Waals surface area contributed by atoms with Gasteiger partial charge in [0.05, 0.1) is 12.7 Å². The normalized spacial score (nSPS) is 12.3. The van der Waals surface area contributed by atoms with Gasteiger partial charge in [0, 0.05) is 6.42 Å². The molecule has 0 fully saturated rings. The summed E-state index contributed by atoms with van der Waals surface area (Å²) in [6.07, 6.45) is 2.43. The molecule has 100 valence electrons. The fourth-order valence-electron chi connectivity index (χ4n) is 1.78. The van der Waals surface area contributed by atoms with Crippen molar-refractivity contribution in [2.24, 2.45) is 0 Å². The van der Waals surface area contributed by atoms with Crippen molar-refractivity contribution in [2.45, 2.75) is 25.9 Å². The lowest BCUT2D eigenvalue weighted by Gasteiger charge is -2.13. The number of aliphatic carboxylic acids is 1. The van der Waals surface area contributed by atoms with Gasteiger partial charge in [0.2, 0.25) is 5.89 Å². The summed E-state index contributed by atoms with van der Waals surface area (Å²) < 4.78 is 5.43. The van der Waals surface area contributed by atoms with E-state index in [0.29, 0.717) is 11.5 Å². The summed E-state index contributed by atoms with van der Waals surface area (Å²) in [5, 5.41) is 12.2. The number of aromatic nitrogens is 1. The molecule has 1 atom stereocenters. The second kappa shape index (κ2) is 6.15. The Balaban J connectivity index is 2.04. The SMILES string of the molecule is CCc1cnc(CNC(C(=O)O)c2ccccc2)o1. The van der Waals surface area contributed by atoms with Crippen molar-refractivity contribution in [1.82, 2.24) is 10.3 Å². The second-order valence-electron chi connectivity index (χ2n) is 4.14. The number of benzene rings is 1. The fraction of sp³-hybridized carbons (Fsp3) is 0.286. The third kappa shape index (κ3) is 3.42. The lowest BCUT2D eigenvalue weighted by molar-refractivity contribution is -0.139. The largest absolute Gasteiger partial charge is 0.480 e. The molecule has 2 rings (SSSR count). The molecule has 1 unspecified atom stereocenters. The molecule has 2 N–H and O–H groups in total. The Morgan fingerprint density at radius 3 is 2.74 bits per heavy atom. The van der Waals surface area contributed by atoms with Crippen LogP contribution >= 0.6 is 0 Å². The first-order valence-corrected chi connectivity index (χ1v) is 6.15. The molecule has 2 aromatic rings. The van der Waals surface area contributed by atoms with Crippen LogP contribution in [0.2, 0.25) is 0 Å². The molecule has 0 aliphatic carbocycles. The first kappa shape index (κ1) is 13.3. The van der Waals surface area contributed by atoms with E-state index in [4.69, 9.17) is 4.42 Å². The number of oxazole rings is 1. The predicted octanol–water partition coefficient (Wildman–Crippen LogP) is 2.15. The lowest BCUT2D eigenvalue weighted by atomic mass is 10.1. The Morgan fingerprint density at radius 2 is 2.16 bits per heavy atom. The quantitative estimate of drug-likeness (QED) is 0.832. The summed E-state index contributed by atoms with van der Waals surface area (Å²) in [6.45, 7) is 2.26. The summed E-state index contributed by atoms with van der Waals surface area (Å²) in [7, 11) is 0. The third-order valence-corrected chi connectivity index (χ3v) is 2.79. The van der Waals surface area contributed by atoms with Gasteiger partial charge in [0.1, 0.15) is 11.8 Å². The minimum atomic E-state index is -0.923. The minimum absolute atomic E-state index is 0.284. The summed E-state index contributed by atoms with van der Waals surface area (Å²) in [5.41, 5.74) is 0.706. The van der Waals surface area contributed by atoms with Crippen molar-refractivity contribution >= 4 is 5.97 Å². The number of aryl methyl sites for hydroxylation is 1. The van der Waals surface area contributed by atoms with Crippen LogP contribution in [0.25, 0.3) is 0 Å². The molecule has 5 nitrogen and oxygen atoms in total. The average molecular weight is 260 g/mol. The van der Waals surface area contributed by atoms with E-state index in [1.54, 1.807) is 18.3 Å². The molecule has 0 spiro atoms. The van der Waals surface area contributed by atoms with Gasteiger partial charge >= 0.3 is 5.97 Å². The first-order chi connectivity index (χ1) is 9.20. The fourth-order valence-corrected chi connectivity index (χ4v) is 1.78. The van der Waals surface area contributed by atoms with Crippen LogP contribution in [0, 0.1) is 0 Å². The number of hydrogen-bond acceptors (Lipinski definition) is 4. The monoisotopic (exact) mass is 260 g/mol. The maximum Gasteiger partial charge on any atom is 0.325 e. The number of carbonyl (C=O) groups is 1. The number of carboxylic acid groups (broad SMARTS) is 1. The smallest absolute Gasteiger partial charge is 0.325 e. The molecule has 19 heavy (non-hydrogen) atoms. The molecule has 0 aliphatic heterocycles. The molecular weight excluding hydrogens is 244 g/mol. The highest BCUT2D eigenvalue weighted by Gasteiger charge is 2.19. The van der Waals surface area contributed by atoms with Gasteiger partial charge in [-0.15, -0.1) is 0 Å². The van der Waals surface area contributed by atoms with E-state index in [9.17, 15) is 9.90 Å². The van der Waals surface area contributed by atoms with E-state index in [2.05, 4.69) is 10.3 Å². The maximum absolute atomic E-state index is 11.3. The Hall–Kier alpha value is -2.14. The van der Waals surface area contributed by atoms with Crippen LogP contribution in [0.15, 0.2) is 40.9 Å². The van der Waals surface area contributed by atoms with Gasteiger partial charge < -0.3 is 9.52 Å². The molecule has 1 aromatic heterocycles. The topological polar surface area (TPSA) is 75.4 Å². The molecule has 1 aromatic carbocycles. The van der Waals surface area contributed by atoms with Crippen LogP contribution in [0.3, 0.4) is 0 Å². The van der Waals surface area contributed by atoms with Gasteiger partial charge in [0.25, 0.3) is 0 Å². The van der Waals surface area contributed by atoms with E-state index in [0.717, 1.165) is 12.2 Å². The number of nitrogens with zero attached hydrogens (tertiary/aromatic N) is 1. The van der Waals surface area contributed by atoms with Crippen LogP contribution < -0.4 is 5.32 Å². The van der Waals surface area contributed by atoms with E-state index in [-0.39, 0.29) is 6.54 Å². The lowest BCUT2D eigenvalue weighted by Crippen LogP contribution is -2.28. The van der Waals surface area contributed by atoms with Gasteiger partial charge in [-0.2, -0.15) is 0 Å². The first-order valence-electron chi connectivity index (χ1n) is 6.15. The van der Waals surface area contributed by atoms with Crippen LogP contribution in [0.4, 0.5) is 0 Å². The summed E-state index contributed by atoms with van der Waals surface area (Å²) in [4.78, 5) is 15.4. The maximum atomic E-state index is 11.3. The van der Waals surface area contributed by atoms with Crippen molar-refractivity contribution in [2.75, 3.05) is 0 Å². The molecule has 5 heteroatoms. The zero-order valence-corrected chi connectivity index (χ0v) is 10.7. The summed E-state index contributed by atoms with van der Waals surface area (Å²) in [6, 6.07) is 8.26. The zero-order valence-electron chi connectivity index (χ0n) is 10.7. The van der Waals surface area contributed by atoms with Crippen LogP contribution in [0.5, 0.6) is 0 Å². The average Bonchev–Trinajstić information content (AvgIpc) is 2.88. The zero-order chi connectivity index (χ0) is 13.7. The number of hydrogen-bond donors (Lipinski definition) is 2.